The number of halogens is 3. The SMILES string of the molecule is CCN(CC1CCCC1)c1nc2ccccc2cc1CN(c1ncc(OCCSC)cn1)C(C)c1cc(C)cc(C(F)(F)F)c1. The summed E-state index contributed by atoms with van der Waals surface area (Å²) < 4.78 is 47.4. The predicted octanol–water partition coefficient (Wildman–Crippen LogP) is 8.88. The Morgan fingerprint density at radius 3 is 2.47 bits per heavy atom. The minimum Gasteiger partial charge on any atom is -0.489 e. The molecule has 5 rings (SSSR count). The fourth-order valence-corrected chi connectivity index (χ4v) is 6.40. The van der Waals surface area contributed by atoms with Crippen LogP contribution in [0.1, 0.15) is 67.8 Å². The van der Waals surface area contributed by atoms with Crippen molar-refractivity contribution >= 4 is 34.4 Å². The van der Waals surface area contributed by atoms with E-state index in [0.29, 0.717) is 41.9 Å². The van der Waals surface area contributed by atoms with Gasteiger partial charge in [0, 0.05) is 29.8 Å². The summed E-state index contributed by atoms with van der Waals surface area (Å²) in [4.78, 5) is 18.8. The maximum atomic E-state index is 13.9. The van der Waals surface area contributed by atoms with Crippen LogP contribution in [0, 0.1) is 12.8 Å². The predicted molar refractivity (Wildman–Crippen MR) is 178 cm³/mol. The molecule has 1 aliphatic carbocycles. The Kier molecular flexibility index (Phi) is 10.7. The largest absolute Gasteiger partial charge is 0.489 e. The van der Waals surface area contributed by atoms with Gasteiger partial charge >= 0.3 is 6.18 Å². The van der Waals surface area contributed by atoms with Gasteiger partial charge in [0.15, 0.2) is 5.75 Å². The monoisotopic (exact) mass is 637 g/mol. The zero-order valence-corrected chi connectivity index (χ0v) is 27.3. The van der Waals surface area contributed by atoms with Crippen LogP contribution in [-0.2, 0) is 12.7 Å². The van der Waals surface area contributed by atoms with Crippen molar-refractivity contribution in [2.75, 3.05) is 41.5 Å². The molecule has 10 heteroatoms. The molecular formula is C35H42F3N5OS. The van der Waals surface area contributed by atoms with Gasteiger partial charge in [-0.2, -0.15) is 24.9 Å². The average Bonchev–Trinajstić information content (AvgIpc) is 3.55. The third kappa shape index (κ3) is 8.20. The highest BCUT2D eigenvalue weighted by Gasteiger charge is 2.32. The van der Waals surface area contributed by atoms with Gasteiger partial charge in [-0.25, -0.2) is 15.0 Å². The number of fused-ring (bicyclic) bond motifs is 1. The molecule has 6 nitrogen and oxygen atoms in total. The number of alkyl halides is 3. The fraction of sp³-hybridized carbons (Fsp3) is 0.457. The Labute approximate surface area is 268 Å². The van der Waals surface area contributed by atoms with Gasteiger partial charge in [-0.3, -0.25) is 0 Å². The van der Waals surface area contributed by atoms with E-state index < -0.39 is 17.8 Å². The Morgan fingerprint density at radius 2 is 1.78 bits per heavy atom. The third-order valence-electron chi connectivity index (χ3n) is 8.56. The number of thioether (sulfide) groups is 1. The van der Waals surface area contributed by atoms with Gasteiger partial charge < -0.3 is 14.5 Å². The highest BCUT2D eigenvalue weighted by Crippen LogP contribution is 2.36. The molecule has 1 atom stereocenters. The van der Waals surface area contributed by atoms with Crippen molar-refractivity contribution in [2.45, 2.75) is 65.2 Å². The first-order valence-electron chi connectivity index (χ1n) is 15.7. The summed E-state index contributed by atoms with van der Waals surface area (Å²) in [6, 6.07) is 14.0. The second kappa shape index (κ2) is 14.7. The highest BCUT2D eigenvalue weighted by atomic mass is 32.2. The molecule has 1 aliphatic rings. The van der Waals surface area contributed by atoms with Crippen LogP contribution in [0.15, 0.2) is 60.9 Å². The quantitative estimate of drug-likeness (QED) is 0.136. The molecule has 1 fully saturated rings. The first-order chi connectivity index (χ1) is 21.7. The maximum absolute atomic E-state index is 13.9. The summed E-state index contributed by atoms with van der Waals surface area (Å²) in [7, 11) is 0. The summed E-state index contributed by atoms with van der Waals surface area (Å²) in [6.07, 6.45) is 5.80. The Hall–Kier alpha value is -3.53. The minimum absolute atomic E-state index is 0.359. The number of rotatable bonds is 13. The summed E-state index contributed by atoms with van der Waals surface area (Å²) in [5, 5.41) is 1.01. The molecule has 0 radical (unpaired) electrons. The molecule has 45 heavy (non-hydrogen) atoms. The molecule has 0 saturated heterocycles. The van der Waals surface area contributed by atoms with E-state index >= 15 is 0 Å². The minimum atomic E-state index is -4.45. The number of nitrogens with zero attached hydrogens (tertiary/aromatic N) is 5. The molecule has 0 spiro atoms. The van der Waals surface area contributed by atoms with E-state index in [-0.39, 0.29) is 0 Å². The molecule has 0 amide bonds. The van der Waals surface area contributed by atoms with Crippen LogP contribution in [-0.4, -0.2) is 46.7 Å². The van der Waals surface area contributed by atoms with Crippen molar-refractivity contribution in [1.82, 2.24) is 15.0 Å². The number of hydrogen-bond acceptors (Lipinski definition) is 7. The van der Waals surface area contributed by atoms with Crippen LogP contribution >= 0.6 is 11.8 Å². The standard InChI is InChI=1S/C35H42F3N5OS/c1-5-42(22-26-10-6-7-11-26)33-29(18-27-12-8-9-13-32(27)41-33)23-43(34-39-20-31(21-40-34)44-14-15-45-4)25(3)28-16-24(2)17-30(19-28)35(36,37)38/h8-9,12-13,16-21,25-26H,5-7,10-11,14-15,22-23H2,1-4H3. The summed E-state index contributed by atoms with van der Waals surface area (Å²) in [5.41, 5.74) is 2.32. The number of para-hydroxylation sites is 1. The Balaban J connectivity index is 1.58. The van der Waals surface area contributed by atoms with Gasteiger partial charge in [-0.15, -0.1) is 0 Å². The third-order valence-corrected chi connectivity index (χ3v) is 9.13. The average molecular weight is 638 g/mol. The summed E-state index contributed by atoms with van der Waals surface area (Å²) in [6.45, 7) is 8.38. The second-order valence-electron chi connectivity index (χ2n) is 11.8. The van der Waals surface area contributed by atoms with Gasteiger partial charge in [0.05, 0.1) is 42.7 Å². The lowest BCUT2D eigenvalue weighted by Gasteiger charge is -2.33. The number of pyridine rings is 1. The Morgan fingerprint density at radius 1 is 1.04 bits per heavy atom. The molecule has 1 unspecified atom stereocenters. The molecule has 0 N–H and O–H groups in total. The molecule has 1 saturated carbocycles. The van der Waals surface area contributed by atoms with Crippen molar-refractivity contribution in [1.29, 1.82) is 0 Å². The van der Waals surface area contributed by atoms with Crippen molar-refractivity contribution < 1.29 is 17.9 Å². The van der Waals surface area contributed by atoms with Crippen LogP contribution in [0.25, 0.3) is 10.9 Å². The van der Waals surface area contributed by atoms with Crippen molar-refractivity contribution in [3.8, 4) is 5.75 Å². The molecule has 0 bridgehead atoms. The first-order valence-corrected chi connectivity index (χ1v) is 17.1. The number of hydrogen-bond donors (Lipinski definition) is 0. The summed E-state index contributed by atoms with van der Waals surface area (Å²) in [5.74, 6) is 3.32. The lowest BCUT2D eigenvalue weighted by atomic mass is 9.99. The van der Waals surface area contributed by atoms with E-state index in [9.17, 15) is 13.2 Å². The lowest BCUT2D eigenvalue weighted by Crippen LogP contribution is -2.33. The molecular weight excluding hydrogens is 595 g/mol. The van der Waals surface area contributed by atoms with Crippen LogP contribution in [0.5, 0.6) is 5.75 Å². The molecule has 2 aromatic heterocycles. The number of aromatic nitrogens is 3. The van der Waals surface area contributed by atoms with E-state index in [1.54, 1.807) is 31.1 Å². The van der Waals surface area contributed by atoms with Crippen LogP contribution < -0.4 is 14.5 Å². The lowest BCUT2D eigenvalue weighted by molar-refractivity contribution is -0.137. The molecule has 2 heterocycles. The van der Waals surface area contributed by atoms with E-state index in [4.69, 9.17) is 9.72 Å². The van der Waals surface area contributed by atoms with E-state index in [1.807, 2.05) is 48.4 Å². The van der Waals surface area contributed by atoms with Gasteiger partial charge in [0.25, 0.3) is 0 Å². The van der Waals surface area contributed by atoms with Gasteiger partial charge in [-0.1, -0.05) is 42.7 Å². The normalized spacial score (nSPS) is 14.6. The van der Waals surface area contributed by atoms with Crippen molar-refractivity contribution in [3.05, 3.63) is 83.2 Å². The second-order valence-corrected chi connectivity index (χ2v) is 12.8. The van der Waals surface area contributed by atoms with Gasteiger partial charge in [-0.05, 0) is 75.6 Å². The van der Waals surface area contributed by atoms with Crippen LogP contribution in [0.3, 0.4) is 0 Å². The zero-order chi connectivity index (χ0) is 32.0. The summed E-state index contributed by atoms with van der Waals surface area (Å²) >= 11 is 1.69. The number of anilines is 2. The highest BCUT2D eigenvalue weighted by molar-refractivity contribution is 7.98. The molecule has 4 aromatic rings. The number of ether oxygens (including phenoxy) is 1. The van der Waals surface area contributed by atoms with E-state index in [1.165, 1.54) is 37.8 Å². The van der Waals surface area contributed by atoms with E-state index in [0.717, 1.165) is 41.1 Å². The van der Waals surface area contributed by atoms with Gasteiger partial charge in [0.2, 0.25) is 5.95 Å². The molecule has 2 aromatic carbocycles. The van der Waals surface area contributed by atoms with Crippen LogP contribution in [0.4, 0.5) is 24.9 Å². The molecule has 240 valence electrons. The zero-order valence-electron chi connectivity index (χ0n) is 26.5. The van der Waals surface area contributed by atoms with E-state index in [2.05, 4.69) is 27.9 Å². The van der Waals surface area contributed by atoms with Crippen molar-refractivity contribution in [3.63, 3.8) is 0 Å². The van der Waals surface area contributed by atoms with Crippen LogP contribution in [0.2, 0.25) is 0 Å². The molecule has 0 aliphatic heterocycles. The Bertz CT molecular complexity index is 1560. The van der Waals surface area contributed by atoms with Gasteiger partial charge in [0.1, 0.15) is 5.82 Å². The number of benzene rings is 2. The smallest absolute Gasteiger partial charge is 0.416 e. The fourth-order valence-electron chi connectivity index (χ4n) is 6.15. The maximum Gasteiger partial charge on any atom is 0.416 e. The topological polar surface area (TPSA) is 54.4 Å². The first kappa shape index (κ1) is 32.9. The van der Waals surface area contributed by atoms with Crippen molar-refractivity contribution in [2.24, 2.45) is 5.92 Å². The number of aryl methyl sites for hydroxylation is 1.